The molecule has 1 saturated heterocycles. The molecule has 0 aromatic carbocycles. The summed E-state index contributed by atoms with van der Waals surface area (Å²) >= 11 is 0. The van der Waals surface area contributed by atoms with E-state index in [9.17, 15) is 4.39 Å². The lowest BCUT2D eigenvalue weighted by atomic mass is 10.1. The number of nitrogens with zero attached hydrogens (tertiary/aromatic N) is 3. The summed E-state index contributed by atoms with van der Waals surface area (Å²) in [7, 11) is 0. The summed E-state index contributed by atoms with van der Waals surface area (Å²) < 4.78 is 19.6. The third-order valence-electron chi connectivity index (χ3n) is 4.83. The highest BCUT2D eigenvalue weighted by Crippen LogP contribution is 2.19. The van der Waals surface area contributed by atoms with Crippen LogP contribution in [0.2, 0.25) is 0 Å². The third kappa shape index (κ3) is 5.29. The van der Waals surface area contributed by atoms with Crippen LogP contribution in [0.15, 0.2) is 17.3 Å². The minimum atomic E-state index is -0.315. The number of morpholine rings is 1. The topological polar surface area (TPSA) is 75.8 Å². The predicted octanol–water partition coefficient (Wildman–Crippen LogP) is 2.18. The Bertz CT molecular complexity index is 581. The van der Waals surface area contributed by atoms with E-state index in [4.69, 9.17) is 10.5 Å². The number of aliphatic imine (C=N–C) groups is 1. The summed E-state index contributed by atoms with van der Waals surface area (Å²) in [6, 6.07) is 1.91. The van der Waals surface area contributed by atoms with Gasteiger partial charge in [-0.2, -0.15) is 0 Å². The molecule has 138 valence electrons. The van der Waals surface area contributed by atoms with Crippen molar-refractivity contribution in [2.45, 2.75) is 51.1 Å². The van der Waals surface area contributed by atoms with Crippen molar-refractivity contribution in [1.29, 1.82) is 0 Å². The Balaban J connectivity index is 1.55. The first-order valence-corrected chi connectivity index (χ1v) is 9.26. The maximum atomic E-state index is 14.3. The zero-order chi connectivity index (χ0) is 17.5. The largest absolute Gasteiger partial charge is 0.378 e. The van der Waals surface area contributed by atoms with E-state index >= 15 is 0 Å². The lowest BCUT2D eigenvalue weighted by Crippen LogP contribution is -2.39. The highest BCUT2D eigenvalue weighted by molar-refractivity contribution is 5.78. The van der Waals surface area contributed by atoms with E-state index in [1.807, 2.05) is 4.90 Å². The molecule has 1 saturated carbocycles. The van der Waals surface area contributed by atoms with Gasteiger partial charge in [0.1, 0.15) is 0 Å². The average molecular weight is 349 g/mol. The van der Waals surface area contributed by atoms with Gasteiger partial charge in [-0.3, -0.25) is 0 Å². The zero-order valence-electron chi connectivity index (χ0n) is 14.7. The summed E-state index contributed by atoms with van der Waals surface area (Å²) in [6.07, 6.45) is 9.04. The third-order valence-corrected chi connectivity index (χ3v) is 4.83. The normalized spacial score (nSPS) is 20.4. The van der Waals surface area contributed by atoms with Crippen molar-refractivity contribution < 1.29 is 9.13 Å². The van der Waals surface area contributed by atoms with Gasteiger partial charge in [-0.25, -0.2) is 14.4 Å². The molecular formula is C18H28FN5O. The second-order valence-corrected chi connectivity index (χ2v) is 6.78. The quantitative estimate of drug-likeness (QED) is 0.495. The Labute approximate surface area is 148 Å². The Morgan fingerprint density at radius 1 is 1.28 bits per heavy atom. The maximum Gasteiger partial charge on any atom is 0.189 e. The van der Waals surface area contributed by atoms with Crippen molar-refractivity contribution >= 4 is 11.8 Å². The van der Waals surface area contributed by atoms with Crippen molar-refractivity contribution in [1.82, 2.24) is 10.3 Å². The van der Waals surface area contributed by atoms with Gasteiger partial charge in [0, 0.05) is 25.3 Å². The second kappa shape index (κ2) is 8.99. The van der Waals surface area contributed by atoms with E-state index in [0.29, 0.717) is 50.7 Å². The van der Waals surface area contributed by atoms with Gasteiger partial charge in [0.25, 0.3) is 0 Å². The molecule has 0 spiro atoms. The first kappa shape index (κ1) is 17.9. The molecule has 1 aromatic rings. The number of halogens is 1. The van der Waals surface area contributed by atoms with Crippen LogP contribution in [0.4, 0.5) is 10.2 Å². The predicted molar refractivity (Wildman–Crippen MR) is 97.2 cm³/mol. The molecule has 6 nitrogen and oxygen atoms in total. The summed E-state index contributed by atoms with van der Waals surface area (Å²) in [6.45, 7) is 2.88. The Morgan fingerprint density at radius 3 is 2.68 bits per heavy atom. The smallest absolute Gasteiger partial charge is 0.189 e. The molecule has 1 aliphatic carbocycles. The molecule has 0 amide bonds. The molecule has 25 heavy (non-hydrogen) atoms. The van der Waals surface area contributed by atoms with Crippen LogP contribution in [0.5, 0.6) is 0 Å². The van der Waals surface area contributed by atoms with E-state index in [1.165, 1.54) is 31.7 Å². The minimum Gasteiger partial charge on any atom is -0.378 e. The van der Waals surface area contributed by atoms with Gasteiger partial charge in [0.05, 0.1) is 19.8 Å². The Hall–Kier alpha value is -1.89. The van der Waals surface area contributed by atoms with Crippen LogP contribution in [-0.4, -0.2) is 43.3 Å². The van der Waals surface area contributed by atoms with E-state index in [1.54, 1.807) is 6.20 Å². The molecule has 2 aliphatic rings. The van der Waals surface area contributed by atoms with Crippen LogP contribution in [0.1, 0.15) is 44.1 Å². The molecular weight excluding hydrogens is 321 g/mol. The lowest BCUT2D eigenvalue weighted by Gasteiger charge is -2.28. The van der Waals surface area contributed by atoms with Crippen LogP contribution in [0, 0.1) is 5.82 Å². The van der Waals surface area contributed by atoms with E-state index in [-0.39, 0.29) is 5.82 Å². The summed E-state index contributed by atoms with van der Waals surface area (Å²) in [5, 5.41) is 3.30. The summed E-state index contributed by atoms with van der Waals surface area (Å²) in [5.41, 5.74) is 6.71. The van der Waals surface area contributed by atoms with Crippen LogP contribution >= 0.6 is 0 Å². The fourth-order valence-electron chi connectivity index (χ4n) is 3.42. The van der Waals surface area contributed by atoms with E-state index < -0.39 is 0 Å². The van der Waals surface area contributed by atoms with Crippen LogP contribution in [-0.2, 0) is 11.3 Å². The Morgan fingerprint density at radius 2 is 2.00 bits per heavy atom. The monoisotopic (exact) mass is 349 g/mol. The molecule has 2 heterocycles. The van der Waals surface area contributed by atoms with E-state index in [0.717, 1.165) is 18.4 Å². The number of hydrogen-bond donors (Lipinski definition) is 2. The minimum absolute atomic E-state index is 0.315. The Kier molecular flexibility index (Phi) is 6.44. The number of nitrogens with two attached hydrogens (primary N) is 1. The van der Waals surface area contributed by atoms with Crippen LogP contribution in [0.3, 0.4) is 0 Å². The summed E-state index contributed by atoms with van der Waals surface area (Å²) in [5.74, 6) is 0.509. The fourth-order valence-corrected chi connectivity index (χ4v) is 3.42. The lowest BCUT2D eigenvalue weighted by molar-refractivity contribution is 0.122. The molecule has 0 radical (unpaired) electrons. The number of ether oxygens (including phenoxy) is 1. The number of anilines is 1. The highest BCUT2D eigenvalue weighted by atomic mass is 19.1. The number of aromatic nitrogens is 1. The van der Waals surface area contributed by atoms with Gasteiger partial charge in [0.2, 0.25) is 0 Å². The SMILES string of the molecule is NC(=NCc1cnc(N2CCOCC2)c(F)c1)NC1CCCCCC1. The van der Waals surface area contributed by atoms with Crippen molar-refractivity contribution in [2.24, 2.45) is 10.7 Å². The molecule has 0 bridgehead atoms. The maximum absolute atomic E-state index is 14.3. The molecule has 1 aromatic heterocycles. The van der Waals surface area contributed by atoms with Gasteiger partial charge >= 0.3 is 0 Å². The van der Waals surface area contributed by atoms with Gasteiger partial charge < -0.3 is 20.7 Å². The molecule has 0 unspecified atom stereocenters. The van der Waals surface area contributed by atoms with Crippen LogP contribution in [0.25, 0.3) is 0 Å². The number of nitrogens with one attached hydrogen (secondary N) is 1. The standard InChI is InChI=1S/C18H28FN5O/c19-16-11-14(12-21-17(16)24-7-9-25-10-8-24)13-22-18(20)23-15-5-3-1-2-4-6-15/h11-12,15H,1-10,13H2,(H3,20,22,23). The van der Waals surface area contributed by atoms with Crippen molar-refractivity contribution in [3.8, 4) is 0 Å². The first-order chi connectivity index (χ1) is 12.2. The van der Waals surface area contributed by atoms with Gasteiger partial charge in [-0.15, -0.1) is 0 Å². The van der Waals surface area contributed by atoms with E-state index in [2.05, 4.69) is 15.3 Å². The molecule has 0 atom stereocenters. The first-order valence-electron chi connectivity index (χ1n) is 9.26. The molecule has 3 rings (SSSR count). The molecule has 7 heteroatoms. The molecule has 3 N–H and O–H groups in total. The van der Waals surface area contributed by atoms with Gasteiger partial charge in [-0.1, -0.05) is 25.7 Å². The number of rotatable bonds is 4. The van der Waals surface area contributed by atoms with Crippen molar-refractivity contribution in [2.75, 3.05) is 31.2 Å². The fraction of sp³-hybridized carbons (Fsp3) is 0.667. The molecule has 1 aliphatic heterocycles. The molecule has 2 fully saturated rings. The number of hydrogen-bond acceptors (Lipinski definition) is 4. The number of pyridine rings is 1. The van der Waals surface area contributed by atoms with Gasteiger partial charge in [-0.05, 0) is 24.5 Å². The number of guanidine groups is 1. The average Bonchev–Trinajstić information content (AvgIpc) is 2.89. The zero-order valence-corrected chi connectivity index (χ0v) is 14.7. The van der Waals surface area contributed by atoms with Crippen LogP contribution < -0.4 is 16.0 Å². The second-order valence-electron chi connectivity index (χ2n) is 6.78. The highest BCUT2D eigenvalue weighted by Gasteiger charge is 2.17. The van der Waals surface area contributed by atoms with Gasteiger partial charge in [0.15, 0.2) is 17.6 Å². The van der Waals surface area contributed by atoms with Crippen molar-refractivity contribution in [3.63, 3.8) is 0 Å². The van der Waals surface area contributed by atoms with Crippen molar-refractivity contribution in [3.05, 3.63) is 23.6 Å². The summed E-state index contributed by atoms with van der Waals surface area (Å²) in [4.78, 5) is 10.5.